The van der Waals surface area contributed by atoms with Gasteiger partial charge in [0.2, 0.25) is 0 Å². The molecule has 0 saturated carbocycles. The first kappa shape index (κ1) is 21.6. The van der Waals surface area contributed by atoms with Crippen LogP contribution in [0.5, 0.6) is 0 Å². The van der Waals surface area contributed by atoms with Crippen molar-refractivity contribution in [3.63, 3.8) is 0 Å². The molecule has 0 saturated heterocycles. The smallest absolute Gasteiger partial charge is 0.251 e. The first-order valence-corrected chi connectivity index (χ1v) is 11.1. The number of aromatic nitrogens is 1. The number of rotatable bonds is 7. The summed E-state index contributed by atoms with van der Waals surface area (Å²) >= 11 is 0. The van der Waals surface area contributed by atoms with Gasteiger partial charge in [-0.3, -0.25) is 9.78 Å². The molecule has 1 atom stereocenters. The van der Waals surface area contributed by atoms with Crippen LogP contribution >= 0.6 is 0 Å². The average Bonchev–Trinajstić information content (AvgIpc) is 2.75. The number of sulfone groups is 1. The monoisotopic (exact) mass is 426 g/mol. The molecule has 2 aromatic carbocycles. The number of benzene rings is 2. The van der Waals surface area contributed by atoms with Crippen LogP contribution in [0.4, 0.5) is 4.39 Å². The predicted molar refractivity (Wildman–Crippen MR) is 113 cm³/mol. The van der Waals surface area contributed by atoms with E-state index in [1.54, 1.807) is 42.6 Å². The summed E-state index contributed by atoms with van der Waals surface area (Å²) in [6, 6.07) is 15.2. The number of nitrogens with one attached hydrogen (secondary N) is 1. The Balaban J connectivity index is 1.88. The van der Waals surface area contributed by atoms with Gasteiger partial charge < -0.3 is 5.32 Å². The molecule has 0 fully saturated rings. The van der Waals surface area contributed by atoms with Crippen LogP contribution < -0.4 is 5.32 Å². The maximum Gasteiger partial charge on any atom is 0.251 e. The molecular weight excluding hydrogens is 403 g/mol. The molecule has 0 spiro atoms. The molecule has 0 aliphatic carbocycles. The summed E-state index contributed by atoms with van der Waals surface area (Å²) in [5, 5.41) is 1.64. The number of hydrogen-bond donors (Lipinski definition) is 1. The van der Waals surface area contributed by atoms with Crippen molar-refractivity contribution in [1.29, 1.82) is 0 Å². The number of carbonyl (C=O) groups excluding carboxylic acids is 1. The highest BCUT2D eigenvalue weighted by molar-refractivity contribution is 7.91. The predicted octanol–water partition coefficient (Wildman–Crippen LogP) is 4.29. The molecule has 156 valence electrons. The van der Waals surface area contributed by atoms with Crippen molar-refractivity contribution in [1.82, 2.24) is 10.3 Å². The Morgan fingerprint density at radius 3 is 2.23 bits per heavy atom. The van der Waals surface area contributed by atoms with Gasteiger partial charge in [-0.15, -0.1) is 0 Å². The van der Waals surface area contributed by atoms with Gasteiger partial charge >= 0.3 is 0 Å². The topological polar surface area (TPSA) is 76.1 Å². The standard InChI is InChI=1S/C23H23FN2O3S/c1-16(2)17-7-11-21(12-8-17)30(28,29)22(19-4-3-13-25-14-19)15-26-23(27)18-5-9-20(24)10-6-18/h3-14,16,22H,15H2,1-2H3,(H,26,27). The number of amides is 1. The first-order chi connectivity index (χ1) is 14.3. The van der Waals surface area contributed by atoms with E-state index in [1.165, 1.54) is 30.5 Å². The van der Waals surface area contributed by atoms with Gasteiger partial charge in [-0.1, -0.05) is 32.0 Å². The van der Waals surface area contributed by atoms with Crippen molar-refractivity contribution >= 4 is 15.7 Å². The van der Waals surface area contributed by atoms with Gasteiger partial charge in [-0.25, -0.2) is 12.8 Å². The summed E-state index contributed by atoms with van der Waals surface area (Å²) in [4.78, 5) is 16.6. The molecule has 0 aliphatic rings. The molecule has 3 rings (SSSR count). The lowest BCUT2D eigenvalue weighted by Crippen LogP contribution is -2.32. The molecule has 1 N–H and O–H groups in total. The molecule has 0 bridgehead atoms. The molecule has 0 radical (unpaired) electrons. The first-order valence-electron chi connectivity index (χ1n) is 9.56. The Bertz CT molecular complexity index is 1100. The van der Waals surface area contributed by atoms with Crippen molar-refractivity contribution in [2.45, 2.75) is 29.9 Å². The zero-order valence-corrected chi connectivity index (χ0v) is 17.6. The lowest BCUT2D eigenvalue weighted by molar-refractivity contribution is 0.0953. The van der Waals surface area contributed by atoms with E-state index in [1.807, 2.05) is 13.8 Å². The minimum atomic E-state index is -3.80. The highest BCUT2D eigenvalue weighted by Crippen LogP contribution is 2.29. The molecule has 1 amide bonds. The molecule has 1 unspecified atom stereocenters. The van der Waals surface area contributed by atoms with Crippen LogP contribution in [0, 0.1) is 5.82 Å². The van der Waals surface area contributed by atoms with E-state index >= 15 is 0 Å². The van der Waals surface area contributed by atoms with Crippen molar-refractivity contribution in [3.05, 3.63) is 95.6 Å². The average molecular weight is 427 g/mol. The number of pyridine rings is 1. The summed E-state index contributed by atoms with van der Waals surface area (Å²) in [6.45, 7) is 3.93. The van der Waals surface area contributed by atoms with Crippen LogP contribution in [0.1, 0.15) is 46.5 Å². The van der Waals surface area contributed by atoms with Crippen LogP contribution in [-0.4, -0.2) is 25.9 Å². The minimum absolute atomic E-state index is 0.143. The molecule has 7 heteroatoms. The largest absolute Gasteiger partial charge is 0.350 e. The molecule has 5 nitrogen and oxygen atoms in total. The molecule has 3 aromatic rings. The fourth-order valence-corrected chi connectivity index (χ4v) is 4.71. The zero-order chi connectivity index (χ0) is 21.7. The third-order valence-electron chi connectivity index (χ3n) is 4.86. The summed E-state index contributed by atoms with van der Waals surface area (Å²) < 4.78 is 39.8. The van der Waals surface area contributed by atoms with Crippen LogP contribution in [0.15, 0.2) is 78.0 Å². The van der Waals surface area contributed by atoms with Gasteiger partial charge in [-0.05, 0) is 59.5 Å². The van der Waals surface area contributed by atoms with E-state index in [0.717, 1.165) is 5.56 Å². The fraction of sp³-hybridized carbons (Fsp3) is 0.217. The molecule has 30 heavy (non-hydrogen) atoms. The molecule has 1 aromatic heterocycles. The summed E-state index contributed by atoms with van der Waals surface area (Å²) in [7, 11) is -3.80. The van der Waals surface area contributed by atoms with E-state index < -0.39 is 26.8 Å². The van der Waals surface area contributed by atoms with Gasteiger partial charge in [0.15, 0.2) is 9.84 Å². The summed E-state index contributed by atoms with van der Waals surface area (Å²) in [5.74, 6) is -0.646. The quantitative estimate of drug-likeness (QED) is 0.612. The Labute approximate surface area is 175 Å². The highest BCUT2D eigenvalue weighted by atomic mass is 32.2. The third-order valence-corrected chi connectivity index (χ3v) is 6.98. The van der Waals surface area contributed by atoms with Crippen molar-refractivity contribution in [3.8, 4) is 0 Å². The summed E-state index contributed by atoms with van der Waals surface area (Å²) in [6.07, 6.45) is 3.04. The van der Waals surface area contributed by atoms with Crippen molar-refractivity contribution < 1.29 is 17.6 Å². The van der Waals surface area contributed by atoms with E-state index in [2.05, 4.69) is 10.3 Å². The lowest BCUT2D eigenvalue weighted by atomic mass is 10.0. The van der Waals surface area contributed by atoms with E-state index in [-0.39, 0.29) is 22.9 Å². The van der Waals surface area contributed by atoms with E-state index in [0.29, 0.717) is 5.56 Å². The second kappa shape index (κ2) is 9.17. The van der Waals surface area contributed by atoms with Gasteiger partial charge in [0, 0.05) is 24.5 Å². The Morgan fingerprint density at radius 2 is 1.67 bits per heavy atom. The highest BCUT2D eigenvalue weighted by Gasteiger charge is 2.30. The maximum atomic E-state index is 13.4. The molecule has 0 aliphatic heterocycles. The minimum Gasteiger partial charge on any atom is -0.350 e. The van der Waals surface area contributed by atoms with Crippen molar-refractivity contribution in [2.75, 3.05) is 6.54 Å². The van der Waals surface area contributed by atoms with Crippen LogP contribution in [0.3, 0.4) is 0 Å². The number of carbonyl (C=O) groups is 1. The van der Waals surface area contributed by atoms with E-state index in [9.17, 15) is 17.6 Å². The fourth-order valence-electron chi connectivity index (χ4n) is 3.07. The molecular formula is C23H23FN2O3S. The van der Waals surface area contributed by atoms with Crippen LogP contribution in [-0.2, 0) is 9.84 Å². The maximum absolute atomic E-state index is 13.4. The summed E-state index contributed by atoms with van der Waals surface area (Å²) in [5.41, 5.74) is 1.77. The van der Waals surface area contributed by atoms with E-state index in [4.69, 9.17) is 0 Å². The zero-order valence-electron chi connectivity index (χ0n) is 16.7. The van der Waals surface area contributed by atoms with Crippen molar-refractivity contribution in [2.24, 2.45) is 0 Å². The van der Waals surface area contributed by atoms with Gasteiger partial charge in [-0.2, -0.15) is 0 Å². The number of hydrogen-bond acceptors (Lipinski definition) is 4. The third kappa shape index (κ3) is 4.91. The second-order valence-corrected chi connectivity index (χ2v) is 9.39. The number of nitrogens with zero attached hydrogens (tertiary/aromatic N) is 1. The number of halogens is 1. The van der Waals surface area contributed by atoms with Crippen LogP contribution in [0.25, 0.3) is 0 Å². The Morgan fingerprint density at radius 1 is 1.00 bits per heavy atom. The Hall–Kier alpha value is -3.06. The van der Waals surface area contributed by atoms with Gasteiger partial charge in [0.1, 0.15) is 11.1 Å². The van der Waals surface area contributed by atoms with Gasteiger partial charge in [0.05, 0.1) is 4.90 Å². The second-order valence-electron chi connectivity index (χ2n) is 7.26. The van der Waals surface area contributed by atoms with Gasteiger partial charge in [0.25, 0.3) is 5.91 Å². The lowest BCUT2D eigenvalue weighted by Gasteiger charge is -2.19. The SMILES string of the molecule is CC(C)c1ccc(S(=O)(=O)C(CNC(=O)c2ccc(F)cc2)c2cccnc2)cc1. The van der Waals surface area contributed by atoms with Crippen LogP contribution in [0.2, 0.25) is 0 Å². The molecule has 1 heterocycles. The normalized spacial score (nSPS) is 12.5. The Kier molecular flexibility index (Phi) is 6.62.